The van der Waals surface area contributed by atoms with Crippen LogP contribution < -0.4 is 5.56 Å². The van der Waals surface area contributed by atoms with Gasteiger partial charge in [-0.2, -0.15) is 4.68 Å². The summed E-state index contributed by atoms with van der Waals surface area (Å²) in [6, 6.07) is 0. The molecule has 0 saturated heterocycles. The van der Waals surface area contributed by atoms with Crippen LogP contribution in [0.3, 0.4) is 0 Å². The van der Waals surface area contributed by atoms with E-state index in [2.05, 4.69) is 16.5 Å². The van der Waals surface area contributed by atoms with Crippen LogP contribution in [0.5, 0.6) is 0 Å². The summed E-state index contributed by atoms with van der Waals surface area (Å²) in [5.74, 6) is -0.189. The minimum atomic E-state index is -0.189. The highest BCUT2D eigenvalue weighted by Gasteiger charge is 2.17. The topological polar surface area (TPSA) is 72.7 Å². The van der Waals surface area contributed by atoms with Crippen molar-refractivity contribution in [1.29, 1.82) is 0 Å². The van der Waals surface area contributed by atoms with Crippen LogP contribution in [0.2, 0.25) is 0 Å². The third-order valence-electron chi connectivity index (χ3n) is 4.09. The molecule has 23 heavy (non-hydrogen) atoms. The fourth-order valence-corrected chi connectivity index (χ4v) is 2.89. The number of hydrogen-bond donors (Lipinski definition) is 1. The Morgan fingerprint density at radius 1 is 1.22 bits per heavy atom. The molecule has 0 saturated carbocycles. The van der Waals surface area contributed by atoms with Crippen molar-refractivity contribution in [3.63, 3.8) is 0 Å². The molecule has 0 bridgehead atoms. The van der Waals surface area contributed by atoms with Gasteiger partial charge in [-0.05, 0) is 19.3 Å². The predicted octanol–water partition coefficient (Wildman–Crippen LogP) is 3.49. The van der Waals surface area contributed by atoms with E-state index in [1.54, 1.807) is 0 Å². The van der Waals surface area contributed by atoms with E-state index in [1.807, 2.05) is 6.08 Å². The summed E-state index contributed by atoms with van der Waals surface area (Å²) in [5, 5.41) is 0. The zero-order valence-corrected chi connectivity index (χ0v) is 13.9. The van der Waals surface area contributed by atoms with Crippen LogP contribution in [0.1, 0.15) is 63.1 Å². The number of aromatic nitrogens is 4. The molecular formula is C17H26N4O2. The van der Waals surface area contributed by atoms with Crippen LogP contribution >= 0.6 is 0 Å². The summed E-state index contributed by atoms with van der Waals surface area (Å²) >= 11 is 0. The van der Waals surface area contributed by atoms with E-state index in [9.17, 15) is 9.59 Å². The lowest BCUT2D eigenvalue weighted by Crippen LogP contribution is -2.26. The molecule has 2 aromatic heterocycles. The maximum atomic E-state index is 12.3. The average Bonchev–Trinajstić information content (AvgIpc) is 3.08. The highest BCUT2D eigenvalue weighted by atomic mass is 16.2. The molecule has 0 unspecified atom stereocenters. The summed E-state index contributed by atoms with van der Waals surface area (Å²) in [6.45, 7) is 5.73. The molecule has 1 N–H and O–H groups in total. The molecule has 2 heterocycles. The zero-order chi connectivity index (χ0) is 16.7. The molecule has 6 heteroatoms. The van der Waals surface area contributed by atoms with Crippen molar-refractivity contribution >= 4 is 17.1 Å². The number of nitrogens with one attached hydrogen (secondary N) is 1. The van der Waals surface area contributed by atoms with E-state index in [-0.39, 0.29) is 11.5 Å². The van der Waals surface area contributed by atoms with Crippen LogP contribution in [-0.4, -0.2) is 25.2 Å². The van der Waals surface area contributed by atoms with Gasteiger partial charge in [0, 0.05) is 13.5 Å². The van der Waals surface area contributed by atoms with E-state index >= 15 is 0 Å². The Balaban J connectivity index is 1.81. The Morgan fingerprint density at radius 2 is 1.87 bits per heavy atom. The molecule has 0 fully saturated rings. The van der Waals surface area contributed by atoms with Crippen molar-refractivity contribution in [3.8, 4) is 0 Å². The molecule has 0 aliphatic rings. The Kier molecular flexibility index (Phi) is 6.38. The zero-order valence-electron chi connectivity index (χ0n) is 13.9. The molecule has 2 aromatic rings. The quantitative estimate of drug-likeness (QED) is 0.538. The van der Waals surface area contributed by atoms with Crippen LogP contribution in [0.4, 0.5) is 0 Å². The van der Waals surface area contributed by atoms with Crippen molar-refractivity contribution in [2.45, 2.75) is 64.8 Å². The number of unbranched alkanes of at least 4 members (excludes halogenated alkanes) is 7. The Morgan fingerprint density at radius 3 is 2.52 bits per heavy atom. The molecular weight excluding hydrogens is 292 g/mol. The highest BCUT2D eigenvalue weighted by molar-refractivity contribution is 5.85. The van der Waals surface area contributed by atoms with Crippen LogP contribution in [0, 0.1) is 0 Å². The van der Waals surface area contributed by atoms with E-state index in [1.165, 1.54) is 54.7 Å². The van der Waals surface area contributed by atoms with E-state index in [4.69, 9.17) is 0 Å². The number of aromatic amines is 1. The summed E-state index contributed by atoms with van der Waals surface area (Å²) < 4.78 is 2.88. The number of H-pyrrole nitrogens is 1. The molecule has 0 spiro atoms. The molecule has 0 atom stereocenters. The second kappa shape index (κ2) is 8.50. The number of imidazole rings is 1. The van der Waals surface area contributed by atoms with Gasteiger partial charge in [0.25, 0.3) is 5.56 Å². The Labute approximate surface area is 136 Å². The van der Waals surface area contributed by atoms with Gasteiger partial charge in [0.05, 0.1) is 6.33 Å². The molecule has 0 amide bonds. The van der Waals surface area contributed by atoms with E-state index in [0.717, 1.165) is 19.3 Å². The van der Waals surface area contributed by atoms with Crippen molar-refractivity contribution in [3.05, 3.63) is 29.3 Å². The largest absolute Gasteiger partial charge is 0.339 e. The molecule has 0 aliphatic heterocycles. The van der Waals surface area contributed by atoms with Crippen molar-refractivity contribution in [1.82, 2.24) is 19.3 Å². The monoisotopic (exact) mass is 318 g/mol. The first-order valence-corrected chi connectivity index (χ1v) is 8.43. The second-order valence-corrected chi connectivity index (χ2v) is 5.91. The van der Waals surface area contributed by atoms with Gasteiger partial charge in [0.2, 0.25) is 5.91 Å². The van der Waals surface area contributed by atoms with Gasteiger partial charge in [0.1, 0.15) is 0 Å². The van der Waals surface area contributed by atoms with Gasteiger partial charge >= 0.3 is 0 Å². The van der Waals surface area contributed by atoms with Crippen LogP contribution in [-0.2, 0) is 6.54 Å². The Bertz CT molecular complexity index is 708. The molecule has 126 valence electrons. The first kappa shape index (κ1) is 17.2. The minimum absolute atomic E-state index is 0.169. The third kappa shape index (κ3) is 4.21. The number of rotatable bonds is 10. The Hall–Kier alpha value is -2.11. The SMILES string of the molecule is C=CCCCCCCCCCn1c(=O)c2[nH]cnc2n1C(C)=O. The molecule has 0 aliphatic carbocycles. The lowest BCUT2D eigenvalue weighted by Gasteiger charge is -2.08. The molecule has 2 rings (SSSR count). The van der Waals surface area contributed by atoms with Crippen LogP contribution in [0.15, 0.2) is 23.8 Å². The fourth-order valence-electron chi connectivity index (χ4n) is 2.89. The minimum Gasteiger partial charge on any atom is -0.339 e. The number of hydrogen-bond acceptors (Lipinski definition) is 3. The van der Waals surface area contributed by atoms with Gasteiger partial charge < -0.3 is 4.98 Å². The van der Waals surface area contributed by atoms with Gasteiger partial charge in [0.15, 0.2) is 11.2 Å². The van der Waals surface area contributed by atoms with E-state index in [0.29, 0.717) is 17.7 Å². The number of carbonyl (C=O) groups excluding carboxylic acids is 1. The van der Waals surface area contributed by atoms with Gasteiger partial charge in [-0.3, -0.25) is 9.59 Å². The van der Waals surface area contributed by atoms with Gasteiger partial charge in [-0.25, -0.2) is 9.67 Å². The number of fused-ring (bicyclic) bond motifs is 1. The molecule has 0 radical (unpaired) electrons. The summed E-state index contributed by atoms with van der Waals surface area (Å²) in [6.07, 6.45) is 12.6. The van der Waals surface area contributed by atoms with Crippen molar-refractivity contribution in [2.24, 2.45) is 0 Å². The molecule has 0 aromatic carbocycles. The first-order chi connectivity index (χ1) is 11.2. The van der Waals surface area contributed by atoms with Crippen molar-refractivity contribution < 1.29 is 4.79 Å². The lowest BCUT2D eigenvalue weighted by molar-refractivity contribution is 0.0906. The fraction of sp³-hybridized carbons (Fsp3) is 0.588. The second-order valence-electron chi connectivity index (χ2n) is 5.91. The third-order valence-corrected chi connectivity index (χ3v) is 4.09. The maximum absolute atomic E-state index is 12.3. The highest BCUT2D eigenvalue weighted by Crippen LogP contribution is 2.11. The van der Waals surface area contributed by atoms with E-state index < -0.39 is 0 Å². The lowest BCUT2D eigenvalue weighted by atomic mass is 10.1. The predicted molar refractivity (Wildman–Crippen MR) is 91.8 cm³/mol. The summed E-state index contributed by atoms with van der Waals surface area (Å²) in [7, 11) is 0. The average molecular weight is 318 g/mol. The standard InChI is InChI=1S/C17H26N4O2/c1-3-4-5-6-7-8-9-10-11-12-20-17(23)15-16(19-13-18-15)21(20)14(2)22/h3,13H,1,4-12H2,2H3,(H,18,19). The van der Waals surface area contributed by atoms with Crippen LogP contribution in [0.25, 0.3) is 11.2 Å². The number of allylic oxidation sites excluding steroid dienone is 1. The number of nitrogens with zero attached hydrogens (tertiary/aromatic N) is 3. The first-order valence-electron chi connectivity index (χ1n) is 8.43. The van der Waals surface area contributed by atoms with Gasteiger partial charge in [-0.1, -0.05) is 38.2 Å². The summed E-state index contributed by atoms with van der Waals surface area (Å²) in [4.78, 5) is 31.0. The summed E-state index contributed by atoms with van der Waals surface area (Å²) in [5.41, 5.74) is 0.657. The maximum Gasteiger partial charge on any atom is 0.293 e. The van der Waals surface area contributed by atoms with Crippen molar-refractivity contribution in [2.75, 3.05) is 0 Å². The number of carbonyl (C=O) groups is 1. The molecule has 6 nitrogen and oxygen atoms in total. The normalized spacial score (nSPS) is 11.2. The van der Waals surface area contributed by atoms with Gasteiger partial charge in [-0.15, -0.1) is 6.58 Å². The smallest absolute Gasteiger partial charge is 0.293 e.